The standard InChI is InChI=1S/C8H6N2O5/c11-5-1-2-6(12)9(5)4-3-7(13)10(15)8(4)14/h1-2,4,15H,3H2/q+1. The van der Waals surface area contributed by atoms with Gasteiger partial charge in [0.05, 0.1) is 0 Å². The normalized spacial score (nSPS) is 27.3. The first-order chi connectivity index (χ1) is 7.02. The molecule has 77 valence electrons. The third-order valence-corrected chi connectivity index (χ3v) is 2.25. The van der Waals surface area contributed by atoms with Crippen molar-refractivity contribution in [2.24, 2.45) is 0 Å². The highest BCUT2D eigenvalue weighted by Crippen LogP contribution is 2.18. The molecule has 1 radical (unpaired) electrons. The van der Waals surface area contributed by atoms with E-state index in [4.69, 9.17) is 5.21 Å². The number of amides is 4. The highest BCUT2D eigenvalue weighted by atomic mass is 16.5. The van der Waals surface area contributed by atoms with Crippen LogP contribution in [0, 0.1) is 0 Å². The first-order valence-electron chi connectivity index (χ1n) is 4.13. The van der Waals surface area contributed by atoms with Gasteiger partial charge in [-0.25, -0.2) is 9.59 Å². The molecule has 0 saturated carbocycles. The summed E-state index contributed by atoms with van der Waals surface area (Å²) in [4.78, 5) is 45.3. The first kappa shape index (κ1) is 9.69. The fourth-order valence-electron chi connectivity index (χ4n) is 1.52. The van der Waals surface area contributed by atoms with E-state index in [0.717, 1.165) is 12.2 Å². The van der Waals surface area contributed by atoms with Crippen LogP contribution < -0.4 is 5.06 Å². The van der Waals surface area contributed by atoms with Gasteiger partial charge in [0.15, 0.2) is 6.04 Å². The van der Waals surface area contributed by atoms with Gasteiger partial charge in [0, 0.05) is 12.2 Å². The molecule has 7 heteroatoms. The van der Waals surface area contributed by atoms with Gasteiger partial charge >= 0.3 is 11.8 Å². The van der Waals surface area contributed by atoms with Gasteiger partial charge in [-0.1, -0.05) is 0 Å². The second kappa shape index (κ2) is 3.07. The monoisotopic (exact) mass is 210 g/mol. The van der Waals surface area contributed by atoms with Crippen LogP contribution in [0.5, 0.6) is 0 Å². The molecule has 0 spiro atoms. The van der Waals surface area contributed by atoms with Crippen molar-refractivity contribution in [1.29, 1.82) is 0 Å². The molecule has 2 heterocycles. The second-order valence-corrected chi connectivity index (χ2v) is 3.14. The Balaban J connectivity index is 2.27. The van der Waals surface area contributed by atoms with Crippen molar-refractivity contribution in [3.8, 4) is 0 Å². The Bertz CT molecular complexity index is 395. The van der Waals surface area contributed by atoms with E-state index in [1.54, 1.807) is 0 Å². The van der Waals surface area contributed by atoms with Gasteiger partial charge in [-0.15, -0.1) is 5.21 Å². The quantitative estimate of drug-likeness (QED) is 0.315. The summed E-state index contributed by atoms with van der Waals surface area (Å²) in [5, 5.41) is 8.87. The molecule has 1 N–H and O–H groups in total. The molecule has 1 unspecified atom stereocenters. The predicted octanol–water partition coefficient (Wildman–Crippen LogP) is -1.73. The molecular formula is C8H6N2O5+. The number of hydrogen-bond donors (Lipinski definition) is 1. The van der Waals surface area contributed by atoms with Crippen molar-refractivity contribution >= 4 is 23.6 Å². The maximum atomic E-state index is 11.3. The minimum absolute atomic E-state index is 0.0659. The molecule has 2 rings (SSSR count). The molecule has 1 atom stereocenters. The molecule has 0 aromatic heterocycles. The van der Waals surface area contributed by atoms with Crippen LogP contribution in [0.3, 0.4) is 0 Å². The molecule has 1 fully saturated rings. The van der Waals surface area contributed by atoms with Crippen LogP contribution >= 0.6 is 0 Å². The molecular weight excluding hydrogens is 204 g/mol. The van der Waals surface area contributed by atoms with Crippen molar-refractivity contribution in [2.45, 2.75) is 12.5 Å². The molecule has 2 aliphatic rings. The summed E-state index contributed by atoms with van der Waals surface area (Å²) in [5.74, 6) is -3.08. The molecule has 2 aliphatic heterocycles. The molecule has 0 aliphatic carbocycles. The lowest BCUT2D eigenvalue weighted by atomic mass is 10.2. The highest BCUT2D eigenvalue weighted by Gasteiger charge is 2.56. The second-order valence-electron chi connectivity index (χ2n) is 3.14. The SMILES string of the molecule is O=C1C=CC(=O)N1C1CC(=O)[N+](O)C1=O. The summed E-state index contributed by atoms with van der Waals surface area (Å²) in [7, 11) is 0. The summed E-state index contributed by atoms with van der Waals surface area (Å²) < 4.78 is 0. The van der Waals surface area contributed by atoms with Gasteiger partial charge in [0.1, 0.15) is 11.5 Å². The van der Waals surface area contributed by atoms with Gasteiger partial charge in [-0.2, -0.15) is 0 Å². The van der Waals surface area contributed by atoms with Crippen LogP contribution in [-0.2, 0) is 19.2 Å². The average molecular weight is 210 g/mol. The summed E-state index contributed by atoms with van der Waals surface area (Å²) in [6.07, 6.45) is 1.66. The molecule has 4 amide bonds. The van der Waals surface area contributed by atoms with Crippen LogP contribution in [0.4, 0.5) is 0 Å². The summed E-state index contributed by atoms with van der Waals surface area (Å²) in [6.45, 7) is 0. The Hall–Kier alpha value is -1.86. The van der Waals surface area contributed by atoms with E-state index < -0.39 is 29.7 Å². The van der Waals surface area contributed by atoms with Crippen LogP contribution in [0.25, 0.3) is 0 Å². The van der Waals surface area contributed by atoms with Crippen molar-refractivity contribution in [3.63, 3.8) is 0 Å². The van der Waals surface area contributed by atoms with Gasteiger partial charge in [-0.3, -0.25) is 14.5 Å². The van der Waals surface area contributed by atoms with E-state index in [1.807, 2.05) is 0 Å². The Morgan fingerprint density at radius 2 is 1.73 bits per heavy atom. The van der Waals surface area contributed by atoms with Crippen LogP contribution in [0.2, 0.25) is 0 Å². The lowest BCUT2D eigenvalue weighted by Gasteiger charge is -2.15. The van der Waals surface area contributed by atoms with Crippen molar-refractivity contribution in [3.05, 3.63) is 12.2 Å². The molecule has 15 heavy (non-hydrogen) atoms. The predicted molar refractivity (Wildman–Crippen MR) is 43.3 cm³/mol. The van der Waals surface area contributed by atoms with E-state index in [-0.39, 0.29) is 11.5 Å². The van der Waals surface area contributed by atoms with Crippen molar-refractivity contribution < 1.29 is 24.4 Å². The summed E-state index contributed by atoms with van der Waals surface area (Å²) in [6, 6.07) is -1.21. The van der Waals surface area contributed by atoms with Crippen LogP contribution in [-0.4, -0.2) is 39.8 Å². The van der Waals surface area contributed by atoms with E-state index in [9.17, 15) is 19.2 Å². The van der Waals surface area contributed by atoms with E-state index >= 15 is 0 Å². The van der Waals surface area contributed by atoms with E-state index in [2.05, 4.69) is 0 Å². The largest absolute Gasteiger partial charge is 0.429 e. The molecule has 0 bridgehead atoms. The van der Waals surface area contributed by atoms with Crippen LogP contribution in [0.15, 0.2) is 12.2 Å². The topological polar surface area (TPSA) is 97.7 Å². The zero-order valence-corrected chi connectivity index (χ0v) is 7.41. The van der Waals surface area contributed by atoms with Gasteiger partial charge in [-0.05, 0) is 0 Å². The number of nitrogens with zero attached hydrogens (tertiary/aromatic N) is 2. The summed E-state index contributed by atoms with van der Waals surface area (Å²) >= 11 is 0. The van der Waals surface area contributed by atoms with Gasteiger partial charge < -0.3 is 0 Å². The highest BCUT2D eigenvalue weighted by molar-refractivity contribution is 6.18. The Labute approximate surface area is 83.5 Å². The smallest absolute Gasteiger partial charge is 0.269 e. The molecule has 7 nitrogen and oxygen atoms in total. The molecule has 1 saturated heterocycles. The number of hydroxylamine groups is 2. The third-order valence-electron chi connectivity index (χ3n) is 2.25. The minimum Gasteiger partial charge on any atom is -0.269 e. The zero-order chi connectivity index (χ0) is 11.2. The van der Waals surface area contributed by atoms with Crippen LogP contribution in [0.1, 0.15) is 6.42 Å². The fraction of sp³-hybridized carbons (Fsp3) is 0.250. The van der Waals surface area contributed by atoms with E-state index in [0.29, 0.717) is 4.90 Å². The molecule has 0 aromatic rings. The number of carbonyl (C=O) groups is 4. The van der Waals surface area contributed by atoms with E-state index in [1.165, 1.54) is 0 Å². The van der Waals surface area contributed by atoms with Gasteiger partial charge in [0.25, 0.3) is 11.8 Å². The zero-order valence-electron chi connectivity index (χ0n) is 7.41. The minimum atomic E-state index is -1.21. The third kappa shape index (κ3) is 1.29. The van der Waals surface area contributed by atoms with Gasteiger partial charge in [0.2, 0.25) is 0 Å². The number of imide groups is 2. The number of hydrogen-bond acceptors (Lipinski definition) is 5. The number of carbonyl (C=O) groups excluding carboxylic acids is 4. The Morgan fingerprint density at radius 3 is 2.13 bits per heavy atom. The lowest BCUT2D eigenvalue weighted by molar-refractivity contribution is -0.155. The summed E-state index contributed by atoms with van der Waals surface area (Å²) in [5.41, 5.74) is 0. The maximum absolute atomic E-state index is 11.3. The fourth-order valence-corrected chi connectivity index (χ4v) is 1.52. The first-order valence-corrected chi connectivity index (χ1v) is 4.13. The molecule has 0 aromatic carbocycles. The average Bonchev–Trinajstić information content (AvgIpc) is 2.63. The number of rotatable bonds is 1. The Morgan fingerprint density at radius 1 is 1.20 bits per heavy atom. The lowest BCUT2D eigenvalue weighted by Crippen LogP contribution is -2.46. The van der Waals surface area contributed by atoms with Crippen molar-refractivity contribution in [1.82, 2.24) is 9.96 Å². The van der Waals surface area contributed by atoms with Crippen molar-refractivity contribution in [2.75, 3.05) is 0 Å². The maximum Gasteiger partial charge on any atom is 0.429 e. The Kier molecular flexibility index (Phi) is 1.98.